The van der Waals surface area contributed by atoms with E-state index in [9.17, 15) is 0 Å². The highest BCUT2D eigenvalue weighted by atomic mass is 16.3. The Balaban J connectivity index is 0.953. The summed E-state index contributed by atoms with van der Waals surface area (Å²) in [6, 6.07) is 82.7. The lowest BCUT2D eigenvalue weighted by Gasteiger charge is -2.28. The summed E-state index contributed by atoms with van der Waals surface area (Å²) in [4.78, 5) is 7.23. The van der Waals surface area contributed by atoms with Crippen LogP contribution in [0.5, 0.6) is 0 Å². The van der Waals surface area contributed by atoms with Crippen molar-refractivity contribution >= 4 is 71.3 Å². The molecule has 1 heterocycles. The average Bonchev–Trinajstić information content (AvgIpc) is 3.80. The second kappa shape index (κ2) is 14.8. The molecule has 1 aromatic heterocycles. The predicted molar refractivity (Wildman–Crippen MR) is 260 cm³/mol. The smallest absolute Gasteiger partial charge is 0.227 e. The third kappa shape index (κ3) is 6.18. The molecular formula is C59H38N2O. The molecule has 0 amide bonds. The molecule has 3 nitrogen and oxygen atoms in total. The van der Waals surface area contributed by atoms with E-state index in [-0.39, 0.29) is 0 Å². The first-order valence-electron chi connectivity index (χ1n) is 21.1. The lowest BCUT2D eigenvalue weighted by atomic mass is 9.93. The van der Waals surface area contributed by atoms with Gasteiger partial charge in [0.05, 0.1) is 5.69 Å². The Labute approximate surface area is 359 Å². The summed E-state index contributed by atoms with van der Waals surface area (Å²) in [6.45, 7) is 0. The van der Waals surface area contributed by atoms with Gasteiger partial charge in [-0.15, -0.1) is 0 Å². The molecule has 62 heavy (non-hydrogen) atoms. The molecule has 0 bridgehead atoms. The number of anilines is 3. The lowest BCUT2D eigenvalue weighted by molar-refractivity contribution is 0.623. The Bertz CT molecular complexity index is 3630. The van der Waals surface area contributed by atoms with Crippen molar-refractivity contribution in [2.45, 2.75) is 0 Å². The summed E-state index contributed by atoms with van der Waals surface area (Å²) in [5, 5.41) is 9.56. The topological polar surface area (TPSA) is 29.3 Å². The molecule has 0 spiro atoms. The Morgan fingerprint density at radius 3 is 1.73 bits per heavy atom. The zero-order chi connectivity index (χ0) is 41.0. The summed E-state index contributed by atoms with van der Waals surface area (Å²) in [5.41, 5.74) is 13.0. The number of nitrogens with zero attached hydrogens (tertiary/aromatic N) is 2. The maximum atomic E-state index is 6.42. The first-order valence-corrected chi connectivity index (χ1v) is 21.1. The van der Waals surface area contributed by atoms with Gasteiger partial charge in [0, 0.05) is 27.9 Å². The molecule has 11 aromatic carbocycles. The van der Waals surface area contributed by atoms with Gasteiger partial charge in [0.15, 0.2) is 5.58 Å². The van der Waals surface area contributed by atoms with E-state index in [1.165, 1.54) is 54.6 Å². The highest BCUT2D eigenvalue weighted by Crippen LogP contribution is 2.43. The van der Waals surface area contributed by atoms with Crippen LogP contribution < -0.4 is 4.90 Å². The fraction of sp³-hybridized carbons (Fsp3) is 0. The van der Waals surface area contributed by atoms with Crippen LogP contribution in [0.25, 0.3) is 99.0 Å². The van der Waals surface area contributed by atoms with Gasteiger partial charge in [-0.3, -0.25) is 0 Å². The predicted octanol–water partition coefficient (Wildman–Crippen LogP) is 16.6. The van der Waals surface area contributed by atoms with Crippen LogP contribution in [0.1, 0.15) is 0 Å². The van der Waals surface area contributed by atoms with Gasteiger partial charge >= 0.3 is 0 Å². The number of hydrogen-bond acceptors (Lipinski definition) is 3. The van der Waals surface area contributed by atoms with Crippen LogP contribution in [0, 0.1) is 0 Å². The lowest BCUT2D eigenvalue weighted by Crippen LogP contribution is -2.11. The fourth-order valence-electron chi connectivity index (χ4n) is 9.18. The quantitative estimate of drug-likeness (QED) is 0.151. The third-order valence-corrected chi connectivity index (χ3v) is 12.2. The van der Waals surface area contributed by atoms with Crippen LogP contribution in [-0.4, -0.2) is 4.98 Å². The maximum Gasteiger partial charge on any atom is 0.227 e. The molecule has 0 aliphatic carbocycles. The molecule has 3 heteroatoms. The minimum atomic E-state index is 0.634. The van der Waals surface area contributed by atoms with E-state index in [0.29, 0.717) is 5.89 Å². The van der Waals surface area contributed by atoms with E-state index in [1.54, 1.807) is 0 Å². The second-order valence-electron chi connectivity index (χ2n) is 15.9. The highest BCUT2D eigenvalue weighted by Gasteiger charge is 2.19. The molecule has 0 fully saturated rings. The molecule has 290 valence electrons. The molecule has 12 rings (SSSR count). The Morgan fingerprint density at radius 1 is 0.323 bits per heavy atom. The van der Waals surface area contributed by atoms with Crippen molar-refractivity contribution in [2.24, 2.45) is 0 Å². The summed E-state index contributed by atoms with van der Waals surface area (Å²) in [5.74, 6) is 0.634. The number of benzene rings is 11. The van der Waals surface area contributed by atoms with Crippen LogP contribution in [0.3, 0.4) is 0 Å². The number of fused-ring (bicyclic) bond motifs is 7. The van der Waals surface area contributed by atoms with Crippen molar-refractivity contribution in [3.05, 3.63) is 231 Å². The zero-order valence-corrected chi connectivity index (χ0v) is 33.7. The van der Waals surface area contributed by atoms with E-state index >= 15 is 0 Å². The van der Waals surface area contributed by atoms with Gasteiger partial charge < -0.3 is 9.32 Å². The highest BCUT2D eigenvalue weighted by molar-refractivity contribution is 6.14. The van der Waals surface area contributed by atoms with Crippen LogP contribution in [0.4, 0.5) is 17.1 Å². The van der Waals surface area contributed by atoms with E-state index < -0.39 is 0 Å². The van der Waals surface area contributed by atoms with Crippen molar-refractivity contribution < 1.29 is 4.42 Å². The minimum absolute atomic E-state index is 0.634. The van der Waals surface area contributed by atoms with Crippen LogP contribution in [0.2, 0.25) is 0 Å². The van der Waals surface area contributed by atoms with Gasteiger partial charge in [-0.05, 0) is 132 Å². The zero-order valence-electron chi connectivity index (χ0n) is 33.7. The number of rotatable bonds is 7. The summed E-state index contributed by atoms with van der Waals surface area (Å²) < 4.78 is 6.42. The number of para-hydroxylation sites is 1. The Hall–Kier alpha value is -8.27. The SMILES string of the molecule is c1ccc(-c2nc3ccc4ccc(-c5ccc6cc(N(c7ccc(-c8cc9ccccc9c9ccccc89)cc7)c7ccccc7-c7ccccc7)ccc6c5)cc4c3o2)cc1. The summed E-state index contributed by atoms with van der Waals surface area (Å²) in [6.07, 6.45) is 0. The minimum Gasteiger partial charge on any atom is -0.435 e. The molecule has 0 unspecified atom stereocenters. The first kappa shape index (κ1) is 35.7. The van der Waals surface area contributed by atoms with E-state index in [4.69, 9.17) is 9.40 Å². The van der Waals surface area contributed by atoms with Crippen molar-refractivity contribution in [2.75, 3.05) is 4.90 Å². The molecule has 0 saturated heterocycles. The largest absolute Gasteiger partial charge is 0.435 e. The van der Waals surface area contributed by atoms with Crippen LogP contribution in [0.15, 0.2) is 235 Å². The standard InChI is InChI=1S/C59H38N2O/c1-3-13-39(14-4-1)51-19-11-12-22-57(51)61(48-31-27-40(28-32-48)54-38-47-17-7-8-18-50(47)52-20-9-10-21-53(52)54)49-33-29-44-35-43(25-26-45(44)36-49)46-24-23-41-30-34-56-58(55(41)37-46)62-59(60-56)42-15-5-2-6-16-42/h1-38H. The van der Waals surface area contributed by atoms with Crippen LogP contribution >= 0.6 is 0 Å². The van der Waals surface area contributed by atoms with Crippen molar-refractivity contribution in [3.8, 4) is 44.8 Å². The van der Waals surface area contributed by atoms with Crippen molar-refractivity contribution in [3.63, 3.8) is 0 Å². The van der Waals surface area contributed by atoms with Crippen molar-refractivity contribution in [1.29, 1.82) is 0 Å². The summed E-state index contributed by atoms with van der Waals surface area (Å²) in [7, 11) is 0. The third-order valence-electron chi connectivity index (χ3n) is 12.2. The fourth-order valence-corrected chi connectivity index (χ4v) is 9.18. The van der Waals surface area contributed by atoms with E-state index in [0.717, 1.165) is 55.6 Å². The molecule has 12 aromatic rings. The molecule has 0 aliphatic rings. The van der Waals surface area contributed by atoms with Crippen molar-refractivity contribution in [1.82, 2.24) is 4.98 Å². The molecule has 0 aliphatic heterocycles. The van der Waals surface area contributed by atoms with E-state index in [1.807, 2.05) is 36.4 Å². The molecule has 0 saturated carbocycles. The Morgan fingerprint density at radius 2 is 0.903 bits per heavy atom. The van der Waals surface area contributed by atoms with E-state index in [2.05, 4.69) is 199 Å². The monoisotopic (exact) mass is 790 g/mol. The number of hydrogen-bond donors (Lipinski definition) is 0. The van der Waals surface area contributed by atoms with Gasteiger partial charge in [0.1, 0.15) is 5.52 Å². The molecule has 0 N–H and O–H groups in total. The van der Waals surface area contributed by atoms with Gasteiger partial charge in [0.25, 0.3) is 0 Å². The van der Waals surface area contributed by atoms with Gasteiger partial charge in [-0.1, -0.05) is 164 Å². The Kier molecular flexibility index (Phi) is 8.50. The summed E-state index contributed by atoms with van der Waals surface area (Å²) >= 11 is 0. The van der Waals surface area contributed by atoms with Gasteiger partial charge in [0.2, 0.25) is 5.89 Å². The maximum absolute atomic E-state index is 6.42. The molecular weight excluding hydrogens is 753 g/mol. The van der Waals surface area contributed by atoms with Gasteiger partial charge in [-0.2, -0.15) is 0 Å². The average molecular weight is 791 g/mol. The number of aromatic nitrogens is 1. The normalized spacial score (nSPS) is 11.5. The molecule has 0 atom stereocenters. The van der Waals surface area contributed by atoms with Gasteiger partial charge in [-0.25, -0.2) is 4.98 Å². The first-order chi connectivity index (χ1) is 30.7. The molecule has 0 radical (unpaired) electrons. The van der Waals surface area contributed by atoms with Crippen LogP contribution in [-0.2, 0) is 0 Å². The number of oxazole rings is 1. The second-order valence-corrected chi connectivity index (χ2v) is 15.9.